The van der Waals surface area contributed by atoms with Crippen LogP contribution >= 0.6 is 34.5 Å². The molecule has 6 nitrogen and oxygen atoms in total. The second-order valence-electron chi connectivity index (χ2n) is 5.83. The fourth-order valence-corrected chi connectivity index (χ4v) is 4.19. The second kappa shape index (κ2) is 6.53. The van der Waals surface area contributed by atoms with Crippen LogP contribution in [0.3, 0.4) is 0 Å². The largest absolute Gasteiger partial charge is 0.484 e. The molecule has 5 aromatic rings. The zero-order valence-corrected chi connectivity index (χ0v) is 16.0. The number of hydrogen-bond donors (Lipinski definition) is 1. The van der Waals surface area contributed by atoms with Gasteiger partial charge in [-0.2, -0.15) is 9.61 Å². The first-order valence-corrected chi connectivity index (χ1v) is 9.62. The number of rotatable bonds is 4. The van der Waals surface area contributed by atoms with Crippen molar-refractivity contribution in [3.8, 4) is 16.3 Å². The summed E-state index contributed by atoms with van der Waals surface area (Å²) in [6, 6.07) is 13.2. The number of aromatic amines is 1. The van der Waals surface area contributed by atoms with Crippen LogP contribution in [0.15, 0.2) is 48.7 Å². The monoisotopic (exact) mass is 415 g/mol. The fraction of sp³-hybridized carbons (Fsp3) is 0.0556. The number of aromatic nitrogens is 5. The zero-order chi connectivity index (χ0) is 18.4. The van der Waals surface area contributed by atoms with Gasteiger partial charge in [-0.05, 0) is 24.3 Å². The lowest BCUT2D eigenvalue weighted by Crippen LogP contribution is -2.02. The van der Waals surface area contributed by atoms with Gasteiger partial charge in [0, 0.05) is 27.7 Å². The minimum absolute atomic E-state index is 0.194. The summed E-state index contributed by atoms with van der Waals surface area (Å²) < 4.78 is 7.46. The molecule has 0 saturated heterocycles. The lowest BCUT2D eigenvalue weighted by Gasteiger charge is -2.06. The van der Waals surface area contributed by atoms with Crippen LogP contribution in [0.5, 0.6) is 5.75 Å². The van der Waals surface area contributed by atoms with Gasteiger partial charge in [0.1, 0.15) is 17.4 Å². The van der Waals surface area contributed by atoms with Crippen molar-refractivity contribution in [3.05, 3.63) is 64.5 Å². The van der Waals surface area contributed by atoms with E-state index in [4.69, 9.17) is 27.9 Å². The lowest BCUT2D eigenvalue weighted by atomic mass is 10.2. The molecule has 2 aromatic carbocycles. The Morgan fingerprint density at radius 2 is 2.00 bits per heavy atom. The van der Waals surface area contributed by atoms with Crippen molar-refractivity contribution >= 4 is 50.4 Å². The third-order valence-electron chi connectivity index (χ3n) is 4.13. The topological polar surface area (TPSA) is 68.1 Å². The highest BCUT2D eigenvalue weighted by atomic mass is 35.5. The van der Waals surface area contributed by atoms with E-state index in [9.17, 15) is 0 Å². The van der Waals surface area contributed by atoms with Gasteiger partial charge in [0.15, 0.2) is 5.82 Å². The Hall–Kier alpha value is -2.61. The number of nitrogens with zero attached hydrogens (tertiary/aromatic N) is 4. The number of hydrogen-bond acceptors (Lipinski definition) is 5. The molecule has 3 aromatic heterocycles. The van der Waals surface area contributed by atoms with Crippen molar-refractivity contribution in [2.75, 3.05) is 0 Å². The fourth-order valence-electron chi connectivity index (χ4n) is 2.84. The van der Waals surface area contributed by atoms with E-state index in [1.807, 2.05) is 24.4 Å². The summed E-state index contributed by atoms with van der Waals surface area (Å²) in [6.07, 6.45) is 1.96. The van der Waals surface area contributed by atoms with Crippen molar-refractivity contribution in [2.24, 2.45) is 0 Å². The van der Waals surface area contributed by atoms with E-state index in [0.717, 1.165) is 21.5 Å². The molecular weight excluding hydrogens is 405 g/mol. The quantitative estimate of drug-likeness (QED) is 0.436. The lowest BCUT2D eigenvalue weighted by molar-refractivity contribution is 0.293. The third-order valence-corrected chi connectivity index (χ3v) is 5.59. The molecule has 0 radical (unpaired) electrons. The van der Waals surface area contributed by atoms with Crippen LogP contribution < -0.4 is 4.74 Å². The summed E-state index contributed by atoms with van der Waals surface area (Å²) in [7, 11) is 0. The van der Waals surface area contributed by atoms with E-state index in [-0.39, 0.29) is 6.61 Å². The molecule has 27 heavy (non-hydrogen) atoms. The predicted molar refractivity (Wildman–Crippen MR) is 107 cm³/mol. The van der Waals surface area contributed by atoms with Crippen LogP contribution in [0.25, 0.3) is 26.4 Å². The van der Waals surface area contributed by atoms with Crippen LogP contribution in [0, 0.1) is 0 Å². The summed E-state index contributed by atoms with van der Waals surface area (Å²) in [4.78, 5) is 3.97. The number of fused-ring (bicyclic) bond motifs is 2. The van der Waals surface area contributed by atoms with Gasteiger partial charge in [0.25, 0.3) is 0 Å². The molecule has 134 valence electrons. The van der Waals surface area contributed by atoms with E-state index in [1.54, 1.807) is 22.7 Å². The standard InChI is InChI=1S/C18H11Cl2N5OS/c19-10-5-6-15(13(20)7-10)26-9-16-22-23-18-25(16)24-17(27-18)12-8-21-14-4-2-1-3-11(12)14/h1-8,21H,9H2. The number of benzene rings is 2. The van der Waals surface area contributed by atoms with Crippen molar-refractivity contribution in [1.29, 1.82) is 0 Å². The number of ether oxygens (including phenoxy) is 1. The minimum Gasteiger partial charge on any atom is -0.484 e. The van der Waals surface area contributed by atoms with E-state index in [2.05, 4.69) is 26.3 Å². The predicted octanol–water partition coefficient (Wildman–Crippen LogP) is 5.22. The maximum absolute atomic E-state index is 6.15. The number of H-pyrrole nitrogens is 1. The summed E-state index contributed by atoms with van der Waals surface area (Å²) in [6.45, 7) is 0.194. The highest BCUT2D eigenvalue weighted by molar-refractivity contribution is 7.19. The average Bonchev–Trinajstić information content (AvgIpc) is 3.34. The van der Waals surface area contributed by atoms with Gasteiger partial charge >= 0.3 is 0 Å². The first kappa shape index (κ1) is 16.6. The Kier molecular flexibility index (Phi) is 4.00. The minimum atomic E-state index is 0.194. The molecule has 0 bridgehead atoms. The summed E-state index contributed by atoms with van der Waals surface area (Å²) in [5.74, 6) is 1.13. The SMILES string of the molecule is Clc1ccc(OCc2nnc3sc(-c4c[nH]c5ccccc45)nn23)c(Cl)c1. The Morgan fingerprint density at radius 3 is 2.89 bits per heavy atom. The molecule has 0 unspecified atom stereocenters. The normalized spacial score (nSPS) is 11.5. The van der Waals surface area contributed by atoms with Gasteiger partial charge in [-0.3, -0.25) is 0 Å². The molecule has 9 heteroatoms. The van der Waals surface area contributed by atoms with Crippen molar-refractivity contribution in [2.45, 2.75) is 6.61 Å². The first-order chi connectivity index (χ1) is 13.2. The second-order valence-corrected chi connectivity index (χ2v) is 7.63. The number of para-hydroxylation sites is 1. The van der Waals surface area contributed by atoms with Crippen LogP contribution in [0.2, 0.25) is 10.0 Å². The summed E-state index contributed by atoms with van der Waals surface area (Å²) in [5.41, 5.74) is 2.10. The molecule has 5 rings (SSSR count). The first-order valence-electron chi connectivity index (χ1n) is 8.04. The van der Waals surface area contributed by atoms with Crippen molar-refractivity contribution in [1.82, 2.24) is 24.8 Å². The molecule has 0 fully saturated rings. The van der Waals surface area contributed by atoms with Crippen LogP contribution in [-0.4, -0.2) is 24.8 Å². The zero-order valence-electron chi connectivity index (χ0n) is 13.7. The Labute approximate surface area is 167 Å². The Morgan fingerprint density at radius 1 is 1.11 bits per heavy atom. The molecular formula is C18H11Cl2N5OS. The molecule has 0 saturated carbocycles. The van der Waals surface area contributed by atoms with E-state index >= 15 is 0 Å². The highest BCUT2D eigenvalue weighted by Gasteiger charge is 2.16. The Balaban J connectivity index is 1.46. The number of nitrogens with one attached hydrogen (secondary N) is 1. The molecule has 0 aliphatic heterocycles. The molecule has 0 spiro atoms. The van der Waals surface area contributed by atoms with Gasteiger partial charge in [-0.1, -0.05) is 52.7 Å². The average molecular weight is 416 g/mol. The van der Waals surface area contributed by atoms with Gasteiger partial charge in [-0.15, -0.1) is 10.2 Å². The molecule has 0 atom stereocenters. The van der Waals surface area contributed by atoms with Crippen molar-refractivity contribution in [3.63, 3.8) is 0 Å². The highest BCUT2D eigenvalue weighted by Crippen LogP contribution is 2.32. The molecule has 3 heterocycles. The third kappa shape index (κ3) is 2.93. The van der Waals surface area contributed by atoms with Gasteiger partial charge < -0.3 is 9.72 Å². The van der Waals surface area contributed by atoms with Crippen molar-refractivity contribution < 1.29 is 4.74 Å². The maximum Gasteiger partial charge on any atom is 0.235 e. The van der Waals surface area contributed by atoms with E-state index in [1.165, 1.54) is 11.3 Å². The molecule has 0 aliphatic rings. The van der Waals surface area contributed by atoms with Gasteiger partial charge in [0.05, 0.1) is 5.02 Å². The molecule has 0 amide bonds. The van der Waals surface area contributed by atoms with E-state index in [0.29, 0.717) is 26.6 Å². The molecule has 1 N–H and O–H groups in total. The Bertz CT molecular complexity index is 1280. The maximum atomic E-state index is 6.15. The van der Waals surface area contributed by atoms with Crippen LogP contribution in [-0.2, 0) is 6.61 Å². The van der Waals surface area contributed by atoms with E-state index < -0.39 is 0 Å². The summed E-state index contributed by atoms with van der Waals surface area (Å²) in [5, 5.41) is 16.0. The van der Waals surface area contributed by atoms with Gasteiger partial charge in [-0.25, -0.2) is 0 Å². The molecule has 0 aliphatic carbocycles. The smallest absolute Gasteiger partial charge is 0.235 e. The van der Waals surface area contributed by atoms with Crippen LogP contribution in [0.4, 0.5) is 0 Å². The van der Waals surface area contributed by atoms with Crippen LogP contribution in [0.1, 0.15) is 5.82 Å². The summed E-state index contributed by atoms with van der Waals surface area (Å²) >= 11 is 13.5. The number of halogens is 2. The van der Waals surface area contributed by atoms with Gasteiger partial charge in [0.2, 0.25) is 4.96 Å².